The molecule has 0 unspecified atom stereocenters. The summed E-state index contributed by atoms with van der Waals surface area (Å²) >= 11 is 0.845. The van der Waals surface area contributed by atoms with Crippen LogP contribution in [0.25, 0.3) is 0 Å². The summed E-state index contributed by atoms with van der Waals surface area (Å²) in [5, 5.41) is 12.6. The standard InChI is InChI=1S/C13H20N2O6S2/c1-13(2,3)21-12(18)14-5-4-6-15-23(19,20)9-7-10(11(16)17)22-8-9/h7-8,15H,4-6H2,1-3H3,(H,14,18)(H,16,17). The normalized spacial score (nSPS) is 12.0. The van der Waals surface area contributed by atoms with Gasteiger partial charge in [-0.3, -0.25) is 0 Å². The van der Waals surface area contributed by atoms with E-state index in [0.29, 0.717) is 6.42 Å². The van der Waals surface area contributed by atoms with Gasteiger partial charge in [0.1, 0.15) is 10.5 Å². The summed E-state index contributed by atoms with van der Waals surface area (Å²) in [5.74, 6) is -1.17. The summed E-state index contributed by atoms with van der Waals surface area (Å²) in [6, 6.07) is 1.11. The van der Waals surface area contributed by atoms with E-state index in [1.54, 1.807) is 20.8 Å². The Kier molecular flexibility index (Phi) is 6.54. The molecule has 0 fully saturated rings. The number of ether oxygens (including phenoxy) is 1. The molecule has 8 nitrogen and oxygen atoms in total. The fourth-order valence-corrected chi connectivity index (χ4v) is 3.64. The second-order valence-electron chi connectivity index (χ2n) is 5.63. The van der Waals surface area contributed by atoms with Gasteiger partial charge in [0.25, 0.3) is 0 Å². The topological polar surface area (TPSA) is 122 Å². The highest BCUT2D eigenvalue weighted by molar-refractivity contribution is 7.89. The molecule has 1 rings (SSSR count). The van der Waals surface area contributed by atoms with Crippen molar-refractivity contribution in [2.75, 3.05) is 13.1 Å². The molecule has 0 atom stereocenters. The predicted octanol–water partition coefficient (Wildman–Crippen LogP) is 1.64. The third-order valence-corrected chi connectivity index (χ3v) is 4.92. The maximum atomic E-state index is 11.9. The second-order valence-corrected chi connectivity index (χ2v) is 8.31. The maximum Gasteiger partial charge on any atom is 0.407 e. The fraction of sp³-hybridized carbons (Fsp3) is 0.538. The van der Waals surface area contributed by atoms with Crippen LogP contribution in [0.2, 0.25) is 0 Å². The van der Waals surface area contributed by atoms with E-state index < -0.39 is 27.7 Å². The molecule has 0 aromatic carbocycles. The summed E-state index contributed by atoms with van der Waals surface area (Å²) in [7, 11) is -3.75. The third-order valence-electron chi connectivity index (χ3n) is 2.41. The highest BCUT2D eigenvalue weighted by Crippen LogP contribution is 2.18. The van der Waals surface area contributed by atoms with E-state index in [4.69, 9.17) is 9.84 Å². The van der Waals surface area contributed by atoms with Crippen molar-refractivity contribution in [2.24, 2.45) is 0 Å². The number of carboxylic acid groups (broad SMARTS) is 1. The van der Waals surface area contributed by atoms with E-state index in [1.165, 1.54) is 5.38 Å². The first-order chi connectivity index (χ1) is 10.5. The van der Waals surface area contributed by atoms with E-state index in [1.807, 2.05) is 0 Å². The molecule has 3 N–H and O–H groups in total. The third kappa shape index (κ3) is 6.97. The molecule has 0 saturated carbocycles. The molecule has 0 radical (unpaired) electrons. The summed E-state index contributed by atoms with van der Waals surface area (Å²) in [5.41, 5.74) is -0.591. The Hall–Kier alpha value is -1.65. The first-order valence-corrected chi connectivity index (χ1v) is 9.16. The highest BCUT2D eigenvalue weighted by atomic mass is 32.2. The fourth-order valence-electron chi connectivity index (χ4n) is 1.45. The van der Waals surface area contributed by atoms with Crippen molar-refractivity contribution in [2.45, 2.75) is 37.7 Å². The zero-order valence-electron chi connectivity index (χ0n) is 13.1. The summed E-state index contributed by atoms with van der Waals surface area (Å²) in [4.78, 5) is 22.0. The average molecular weight is 364 g/mol. The molecule has 0 bridgehead atoms. The first kappa shape index (κ1) is 19.4. The minimum absolute atomic E-state index is 0.0445. The van der Waals surface area contributed by atoms with Crippen LogP contribution in [0, 0.1) is 0 Å². The largest absolute Gasteiger partial charge is 0.477 e. The lowest BCUT2D eigenvalue weighted by molar-refractivity contribution is 0.0527. The Morgan fingerprint density at radius 2 is 1.96 bits per heavy atom. The maximum absolute atomic E-state index is 11.9. The van der Waals surface area contributed by atoms with Gasteiger partial charge in [0.2, 0.25) is 10.0 Å². The number of hydrogen-bond donors (Lipinski definition) is 3. The molecular formula is C13H20N2O6S2. The van der Waals surface area contributed by atoms with Gasteiger partial charge in [0.05, 0.1) is 4.90 Å². The van der Waals surface area contributed by atoms with Crippen LogP contribution >= 0.6 is 11.3 Å². The van der Waals surface area contributed by atoms with Crippen molar-refractivity contribution < 1.29 is 27.9 Å². The molecular weight excluding hydrogens is 344 g/mol. The van der Waals surface area contributed by atoms with Gasteiger partial charge in [-0.15, -0.1) is 11.3 Å². The molecule has 1 aromatic heterocycles. The zero-order chi connectivity index (χ0) is 17.7. The quantitative estimate of drug-likeness (QED) is 0.632. The molecule has 10 heteroatoms. The Balaban J connectivity index is 2.37. The molecule has 23 heavy (non-hydrogen) atoms. The Morgan fingerprint density at radius 1 is 1.30 bits per heavy atom. The SMILES string of the molecule is CC(C)(C)OC(=O)NCCCNS(=O)(=O)c1csc(C(=O)O)c1. The molecule has 0 aliphatic heterocycles. The van der Waals surface area contributed by atoms with E-state index in [9.17, 15) is 18.0 Å². The zero-order valence-corrected chi connectivity index (χ0v) is 14.7. The highest BCUT2D eigenvalue weighted by Gasteiger charge is 2.18. The van der Waals surface area contributed by atoms with E-state index in [2.05, 4.69) is 10.0 Å². The molecule has 0 aliphatic carbocycles. The van der Waals surface area contributed by atoms with Gasteiger partial charge in [-0.05, 0) is 33.3 Å². The molecule has 1 amide bonds. The molecule has 0 spiro atoms. The van der Waals surface area contributed by atoms with Gasteiger partial charge < -0.3 is 15.2 Å². The number of hydrogen-bond acceptors (Lipinski definition) is 6. The van der Waals surface area contributed by atoms with Gasteiger partial charge in [0.15, 0.2) is 0 Å². The average Bonchev–Trinajstić information content (AvgIpc) is 2.86. The molecule has 1 aromatic rings. The lowest BCUT2D eigenvalue weighted by Gasteiger charge is -2.19. The number of carboxylic acids is 1. The second kappa shape index (κ2) is 7.75. The van der Waals surface area contributed by atoms with Crippen LogP contribution in [-0.2, 0) is 14.8 Å². The molecule has 0 aliphatic rings. The van der Waals surface area contributed by atoms with Crippen molar-refractivity contribution >= 4 is 33.4 Å². The molecule has 0 saturated heterocycles. The van der Waals surface area contributed by atoms with Crippen LogP contribution in [0.15, 0.2) is 16.3 Å². The summed E-state index contributed by atoms with van der Waals surface area (Å²) in [6.45, 7) is 5.59. The number of rotatable bonds is 7. The minimum Gasteiger partial charge on any atom is -0.477 e. The van der Waals surface area contributed by atoms with Gasteiger partial charge in [-0.1, -0.05) is 0 Å². The first-order valence-electron chi connectivity index (χ1n) is 6.79. The van der Waals surface area contributed by atoms with Gasteiger partial charge in [-0.25, -0.2) is 22.7 Å². The lowest BCUT2D eigenvalue weighted by Crippen LogP contribution is -2.34. The van der Waals surface area contributed by atoms with E-state index >= 15 is 0 Å². The number of carbonyl (C=O) groups excluding carboxylic acids is 1. The minimum atomic E-state index is -3.75. The van der Waals surface area contributed by atoms with Crippen LogP contribution < -0.4 is 10.0 Å². The number of thiophene rings is 1. The van der Waals surface area contributed by atoms with Crippen LogP contribution in [0.3, 0.4) is 0 Å². The number of nitrogens with one attached hydrogen (secondary N) is 2. The van der Waals surface area contributed by atoms with E-state index in [-0.39, 0.29) is 22.9 Å². The van der Waals surface area contributed by atoms with E-state index in [0.717, 1.165) is 17.4 Å². The van der Waals surface area contributed by atoms with Gasteiger partial charge >= 0.3 is 12.1 Å². The number of amides is 1. The van der Waals surface area contributed by atoms with Crippen molar-refractivity contribution in [3.05, 3.63) is 16.3 Å². The van der Waals surface area contributed by atoms with Gasteiger partial charge in [0, 0.05) is 18.5 Å². The Morgan fingerprint density at radius 3 is 2.48 bits per heavy atom. The van der Waals surface area contributed by atoms with Crippen LogP contribution in [0.1, 0.15) is 36.9 Å². The Bertz CT molecular complexity index is 660. The van der Waals surface area contributed by atoms with Gasteiger partial charge in [-0.2, -0.15) is 0 Å². The summed E-state index contributed by atoms with van der Waals surface area (Å²) in [6.07, 6.45) is -0.196. The number of alkyl carbamates (subject to hydrolysis) is 1. The number of sulfonamides is 1. The smallest absolute Gasteiger partial charge is 0.407 e. The number of aromatic carboxylic acids is 1. The predicted molar refractivity (Wildman–Crippen MR) is 85.3 cm³/mol. The Labute approximate surface area is 138 Å². The van der Waals surface area contributed by atoms with Crippen LogP contribution in [0.5, 0.6) is 0 Å². The van der Waals surface area contributed by atoms with Crippen molar-refractivity contribution in [1.29, 1.82) is 0 Å². The van der Waals surface area contributed by atoms with Crippen LogP contribution in [0.4, 0.5) is 4.79 Å². The summed E-state index contributed by atoms with van der Waals surface area (Å²) < 4.78 is 31.3. The van der Waals surface area contributed by atoms with Crippen molar-refractivity contribution in [3.63, 3.8) is 0 Å². The molecule has 130 valence electrons. The van der Waals surface area contributed by atoms with Crippen LogP contribution in [-0.4, -0.2) is 44.3 Å². The number of carbonyl (C=O) groups is 2. The van der Waals surface area contributed by atoms with Crippen molar-refractivity contribution in [3.8, 4) is 0 Å². The lowest BCUT2D eigenvalue weighted by atomic mass is 10.2. The molecule has 1 heterocycles. The monoisotopic (exact) mass is 364 g/mol. The van der Waals surface area contributed by atoms with Crippen molar-refractivity contribution in [1.82, 2.24) is 10.0 Å².